The van der Waals surface area contributed by atoms with Crippen molar-refractivity contribution in [1.82, 2.24) is 0 Å². The molecule has 1 aromatic carbocycles. The number of halogens is 1. The first kappa shape index (κ1) is 13.9. The molecule has 0 radical (unpaired) electrons. The minimum Gasteiger partial charge on any atom is -0.389 e. The number of nitro groups is 1. The first-order valence-electron chi connectivity index (χ1n) is 5.06. The SMILES string of the molecule is Cc1cc(C)c([N+](=O)[O-])cc1C(O)C(O)CCl. The molecule has 0 saturated heterocycles. The second-order valence-electron chi connectivity index (χ2n) is 3.92. The van der Waals surface area contributed by atoms with Crippen LogP contribution in [-0.4, -0.2) is 27.1 Å². The number of hydrogen-bond donors (Lipinski definition) is 2. The van der Waals surface area contributed by atoms with Gasteiger partial charge < -0.3 is 10.2 Å². The molecule has 0 saturated carbocycles. The van der Waals surface area contributed by atoms with E-state index in [-0.39, 0.29) is 11.6 Å². The van der Waals surface area contributed by atoms with Crippen LogP contribution in [0.2, 0.25) is 0 Å². The van der Waals surface area contributed by atoms with Crippen molar-refractivity contribution in [1.29, 1.82) is 0 Å². The van der Waals surface area contributed by atoms with Crippen molar-refractivity contribution < 1.29 is 15.1 Å². The topological polar surface area (TPSA) is 83.6 Å². The number of nitrogens with zero attached hydrogens (tertiary/aromatic N) is 1. The van der Waals surface area contributed by atoms with Crippen LogP contribution in [0.15, 0.2) is 12.1 Å². The average molecular weight is 260 g/mol. The molecular weight excluding hydrogens is 246 g/mol. The van der Waals surface area contributed by atoms with Gasteiger partial charge >= 0.3 is 0 Å². The zero-order valence-electron chi connectivity index (χ0n) is 9.55. The van der Waals surface area contributed by atoms with Crippen LogP contribution in [0.5, 0.6) is 0 Å². The summed E-state index contributed by atoms with van der Waals surface area (Å²) in [6, 6.07) is 2.89. The molecule has 2 unspecified atom stereocenters. The fourth-order valence-corrected chi connectivity index (χ4v) is 1.83. The van der Waals surface area contributed by atoms with Crippen LogP contribution in [0.4, 0.5) is 5.69 Å². The van der Waals surface area contributed by atoms with Crippen molar-refractivity contribution in [2.45, 2.75) is 26.1 Å². The summed E-state index contributed by atoms with van der Waals surface area (Å²) in [6.45, 7) is 3.34. The van der Waals surface area contributed by atoms with E-state index < -0.39 is 17.1 Å². The molecule has 0 aliphatic rings. The van der Waals surface area contributed by atoms with Gasteiger partial charge in [0.2, 0.25) is 0 Å². The van der Waals surface area contributed by atoms with E-state index in [1.807, 2.05) is 0 Å². The predicted octanol–water partition coefficient (Wildman–Crippen LogP) is 1.84. The Morgan fingerprint density at radius 1 is 1.35 bits per heavy atom. The van der Waals surface area contributed by atoms with Gasteiger partial charge in [0.05, 0.1) is 16.9 Å². The minimum absolute atomic E-state index is 0.0774. The molecule has 17 heavy (non-hydrogen) atoms. The van der Waals surface area contributed by atoms with Crippen LogP contribution in [0.1, 0.15) is 22.8 Å². The van der Waals surface area contributed by atoms with Crippen molar-refractivity contribution in [2.75, 3.05) is 5.88 Å². The second kappa shape index (κ2) is 5.44. The maximum absolute atomic E-state index is 10.8. The van der Waals surface area contributed by atoms with Gasteiger partial charge in [-0.25, -0.2) is 0 Å². The summed E-state index contributed by atoms with van der Waals surface area (Å²) in [5.74, 6) is -0.137. The second-order valence-corrected chi connectivity index (χ2v) is 4.23. The lowest BCUT2D eigenvalue weighted by molar-refractivity contribution is -0.385. The number of hydrogen-bond acceptors (Lipinski definition) is 4. The van der Waals surface area contributed by atoms with Crippen molar-refractivity contribution in [3.05, 3.63) is 38.9 Å². The van der Waals surface area contributed by atoms with Crippen LogP contribution in [0.3, 0.4) is 0 Å². The van der Waals surface area contributed by atoms with E-state index in [1.54, 1.807) is 19.9 Å². The summed E-state index contributed by atoms with van der Waals surface area (Å²) in [4.78, 5) is 10.3. The lowest BCUT2D eigenvalue weighted by Gasteiger charge is -2.18. The maximum atomic E-state index is 10.8. The highest BCUT2D eigenvalue weighted by molar-refractivity contribution is 6.18. The van der Waals surface area contributed by atoms with Crippen LogP contribution >= 0.6 is 11.6 Å². The van der Waals surface area contributed by atoms with Crippen LogP contribution in [0.25, 0.3) is 0 Å². The molecular formula is C11H14ClNO4. The standard InChI is InChI=1S/C11H14ClNO4/c1-6-3-7(2)9(13(16)17)4-8(6)11(15)10(14)5-12/h3-4,10-11,14-15H,5H2,1-2H3. The zero-order chi connectivity index (χ0) is 13.2. The molecule has 0 bridgehead atoms. The van der Waals surface area contributed by atoms with Gasteiger partial charge in [-0.05, 0) is 31.0 Å². The quantitative estimate of drug-likeness (QED) is 0.491. The molecule has 0 aliphatic heterocycles. The van der Waals surface area contributed by atoms with E-state index in [0.717, 1.165) is 0 Å². The smallest absolute Gasteiger partial charge is 0.272 e. The Kier molecular flexibility index (Phi) is 4.45. The average Bonchev–Trinajstić information content (AvgIpc) is 2.26. The highest BCUT2D eigenvalue weighted by Gasteiger charge is 2.23. The lowest BCUT2D eigenvalue weighted by atomic mass is 9.97. The van der Waals surface area contributed by atoms with Crippen LogP contribution in [-0.2, 0) is 0 Å². The molecule has 0 aliphatic carbocycles. The first-order valence-corrected chi connectivity index (χ1v) is 5.59. The summed E-state index contributed by atoms with van der Waals surface area (Å²) >= 11 is 5.44. The molecule has 0 heterocycles. The molecule has 2 atom stereocenters. The summed E-state index contributed by atoms with van der Waals surface area (Å²) in [5.41, 5.74) is 1.45. The summed E-state index contributed by atoms with van der Waals surface area (Å²) in [6.07, 6.45) is -2.36. The van der Waals surface area contributed by atoms with Crippen molar-refractivity contribution >= 4 is 17.3 Å². The normalized spacial score (nSPS) is 14.4. The summed E-state index contributed by atoms with van der Waals surface area (Å²) in [7, 11) is 0. The van der Waals surface area contributed by atoms with E-state index in [1.165, 1.54) is 6.07 Å². The minimum atomic E-state index is -1.22. The molecule has 94 valence electrons. The highest BCUT2D eigenvalue weighted by Crippen LogP contribution is 2.28. The van der Waals surface area contributed by atoms with Crippen molar-refractivity contribution in [3.63, 3.8) is 0 Å². The Labute approximate surface area is 104 Å². The third kappa shape index (κ3) is 2.94. The van der Waals surface area contributed by atoms with Gasteiger partial charge in [-0.15, -0.1) is 11.6 Å². The predicted molar refractivity (Wildman–Crippen MR) is 64.3 cm³/mol. The molecule has 0 aromatic heterocycles. The van der Waals surface area contributed by atoms with Gasteiger partial charge in [0.1, 0.15) is 6.10 Å². The Bertz CT molecular complexity index is 436. The fourth-order valence-electron chi connectivity index (χ4n) is 1.66. The number of alkyl halides is 1. The van der Waals surface area contributed by atoms with Gasteiger partial charge in [-0.2, -0.15) is 0 Å². The Morgan fingerprint density at radius 2 is 1.94 bits per heavy atom. The molecule has 6 heteroatoms. The summed E-state index contributed by atoms with van der Waals surface area (Å²) in [5, 5.41) is 30.0. The largest absolute Gasteiger partial charge is 0.389 e. The van der Waals surface area contributed by atoms with Crippen LogP contribution in [0, 0.1) is 24.0 Å². The number of nitro benzene ring substituents is 1. The van der Waals surface area contributed by atoms with Crippen molar-refractivity contribution in [2.24, 2.45) is 0 Å². The van der Waals surface area contributed by atoms with Gasteiger partial charge in [-0.1, -0.05) is 0 Å². The Hall–Kier alpha value is -1.17. The molecule has 0 fully saturated rings. The van der Waals surface area contributed by atoms with Crippen LogP contribution < -0.4 is 0 Å². The molecule has 1 rings (SSSR count). The lowest BCUT2D eigenvalue weighted by Crippen LogP contribution is -2.20. The molecule has 0 spiro atoms. The van der Waals surface area contributed by atoms with E-state index in [4.69, 9.17) is 11.6 Å². The van der Waals surface area contributed by atoms with E-state index >= 15 is 0 Å². The molecule has 5 nitrogen and oxygen atoms in total. The zero-order valence-corrected chi connectivity index (χ0v) is 10.3. The Balaban J connectivity index is 3.24. The number of benzene rings is 1. The number of aliphatic hydroxyl groups is 2. The van der Waals surface area contributed by atoms with Gasteiger partial charge in [0.15, 0.2) is 0 Å². The van der Waals surface area contributed by atoms with Gasteiger partial charge in [0, 0.05) is 11.6 Å². The van der Waals surface area contributed by atoms with Crippen molar-refractivity contribution in [3.8, 4) is 0 Å². The van der Waals surface area contributed by atoms with E-state index in [0.29, 0.717) is 16.7 Å². The van der Waals surface area contributed by atoms with Gasteiger partial charge in [0.25, 0.3) is 5.69 Å². The number of aliphatic hydroxyl groups excluding tert-OH is 2. The molecule has 1 aromatic rings. The number of aryl methyl sites for hydroxylation is 2. The fraction of sp³-hybridized carbons (Fsp3) is 0.455. The van der Waals surface area contributed by atoms with E-state index in [2.05, 4.69) is 0 Å². The van der Waals surface area contributed by atoms with Gasteiger partial charge in [-0.3, -0.25) is 10.1 Å². The monoisotopic (exact) mass is 259 g/mol. The summed E-state index contributed by atoms with van der Waals surface area (Å²) < 4.78 is 0. The molecule has 2 N–H and O–H groups in total. The maximum Gasteiger partial charge on any atom is 0.272 e. The Morgan fingerprint density at radius 3 is 2.41 bits per heavy atom. The molecule has 0 amide bonds. The third-order valence-electron chi connectivity index (χ3n) is 2.62. The third-order valence-corrected chi connectivity index (χ3v) is 2.94. The first-order chi connectivity index (χ1) is 7.88. The van der Waals surface area contributed by atoms with E-state index in [9.17, 15) is 20.3 Å². The highest BCUT2D eigenvalue weighted by atomic mass is 35.5. The number of rotatable bonds is 4.